The average molecular weight is 307 g/mol. The molecule has 22 heavy (non-hydrogen) atoms. The van der Waals surface area contributed by atoms with Gasteiger partial charge in [0.25, 0.3) is 5.89 Å². The molecule has 0 atom stereocenters. The van der Waals surface area contributed by atoms with E-state index < -0.39 is 11.6 Å². The molecule has 5 nitrogen and oxygen atoms in total. The minimum Gasteiger partial charge on any atom is -0.403 e. The van der Waals surface area contributed by atoms with Crippen molar-refractivity contribution in [3.05, 3.63) is 29.8 Å². The predicted molar refractivity (Wildman–Crippen MR) is 74.9 cm³/mol. The van der Waals surface area contributed by atoms with E-state index in [1.54, 1.807) is 0 Å². The van der Waals surface area contributed by atoms with Crippen molar-refractivity contribution >= 4 is 11.9 Å². The van der Waals surface area contributed by atoms with Gasteiger partial charge in [-0.15, -0.1) is 5.10 Å². The number of carbonyl (C=O) groups excluding carboxylic acids is 1. The van der Waals surface area contributed by atoms with Gasteiger partial charge in [-0.25, -0.2) is 8.78 Å². The lowest BCUT2D eigenvalue weighted by molar-refractivity contribution is -0.120. The molecular formula is C15H15F2N3O2. The van der Waals surface area contributed by atoms with E-state index in [0.29, 0.717) is 0 Å². The molecule has 3 rings (SSSR count). The summed E-state index contributed by atoms with van der Waals surface area (Å²) in [5.74, 6) is -1.79. The highest BCUT2D eigenvalue weighted by Gasteiger charge is 2.23. The fraction of sp³-hybridized carbons (Fsp3) is 0.400. The van der Waals surface area contributed by atoms with Crippen LogP contribution in [0.25, 0.3) is 11.5 Å². The topological polar surface area (TPSA) is 68.0 Å². The quantitative estimate of drug-likeness (QED) is 0.942. The van der Waals surface area contributed by atoms with Gasteiger partial charge in [0.05, 0.1) is 5.56 Å². The third-order valence-electron chi connectivity index (χ3n) is 3.79. The SMILES string of the molecule is O=C(Nc1nnc(-c2ccc(F)cc2F)o1)C1CCCCC1. The summed E-state index contributed by atoms with van der Waals surface area (Å²) < 4.78 is 31.8. The number of aromatic nitrogens is 2. The molecule has 1 N–H and O–H groups in total. The number of hydrogen-bond donors (Lipinski definition) is 1. The molecule has 7 heteroatoms. The van der Waals surface area contributed by atoms with E-state index in [9.17, 15) is 13.6 Å². The number of nitrogens with one attached hydrogen (secondary N) is 1. The van der Waals surface area contributed by atoms with E-state index in [1.807, 2.05) is 0 Å². The number of nitrogens with zero attached hydrogens (tertiary/aromatic N) is 2. The maximum Gasteiger partial charge on any atom is 0.322 e. The van der Waals surface area contributed by atoms with Gasteiger partial charge < -0.3 is 4.42 Å². The van der Waals surface area contributed by atoms with E-state index in [-0.39, 0.29) is 29.3 Å². The number of rotatable bonds is 3. The van der Waals surface area contributed by atoms with Gasteiger partial charge in [-0.2, -0.15) is 0 Å². The van der Waals surface area contributed by atoms with Crippen molar-refractivity contribution in [3.63, 3.8) is 0 Å². The molecule has 0 aliphatic heterocycles. The summed E-state index contributed by atoms with van der Waals surface area (Å²) >= 11 is 0. The number of carbonyl (C=O) groups is 1. The van der Waals surface area contributed by atoms with Crippen LogP contribution in [0.15, 0.2) is 22.6 Å². The Morgan fingerprint density at radius 2 is 1.95 bits per heavy atom. The summed E-state index contributed by atoms with van der Waals surface area (Å²) in [5, 5.41) is 9.92. The summed E-state index contributed by atoms with van der Waals surface area (Å²) in [6.45, 7) is 0. The fourth-order valence-corrected chi connectivity index (χ4v) is 2.62. The van der Waals surface area contributed by atoms with Crippen LogP contribution in [0, 0.1) is 17.6 Å². The fourth-order valence-electron chi connectivity index (χ4n) is 2.62. The molecule has 0 unspecified atom stereocenters. The molecule has 1 saturated carbocycles. The highest BCUT2D eigenvalue weighted by molar-refractivity contribution is 5.90. The Balaban J connectivity index is 1.72. The van der Waals surface area contributed by atoms with E-state index in [0.717, 1.165) is 44.2 Å². The van der Waals surface area contributed by atoms with Crippen LogP contribution in [0.2, 0.25) is 0 Å². The summed E-state index contributed by atoms with van der Waals surface area (Å²) in [5.41, 5.74) is -0.00735. The summed E-state index contributed by atoms with van der Waals surface area (Å²) in [4.78, 5) is 12.1. The Morgan fingerprint density at radius 3 is 2.68 bits per heavy atom. The van der Waals surface area contributed by atoms with Crippen LogP contribution in [-0.2, 0) is 4.79 Å². The van der Waals surface area contributed by atoms with Gasteiger partial charge in [0.1, 0.15) is 11.6 Å². The lowest BCUT2D eigenvalue weighted by atomic mass is 9.89. The van der Waals surface area contributed by atoms with E-state index in [4.69, 9.17) is 4.42 Å². The lowest BCUT2D eigenvalue weighted by Gasteiger charge is -2.19. The van der Waals surface area contributed by atoms with Gasteiger partial charge >= 0.3 is 6.01 Å². The van der Waals surface area contributed by atoms with Crippen molar-refractivity contribution in [2.24, 2.45) is 5.92 Å². The van der Waals surface area contributed by atoms with E-state index in [1.165, 1.54) is 6.07 Å². The minimum atomic E-state index is -0.797. The van der Waals surface area contributed by atoms with Gasteiger partial charge in [0, 0.05) is 12.0 Å². The zero-order chi connectivity index (χ0) is 15.5. The third-order valence-corrected chi connectivity index (χ3v) is 3.79. The van der Waals surface area contributed by atoms with Crippen molar-refractivity contribution in [2.45, 2.75) is 32.1 Å². The molecule has 1 amide bonds. The van der Waals surface area contributed by atoms with Crippen LogP contribution in [-0.4, -0.2) is 16.1 Å². The molecule has 1 fully saturated rings. The van der Waals surface area contributed by atoms with Crippen LogP contribution >= 0.6 is 0 Å². The monoisotopic (exact) mass is 307 g/mol. The van der Waals surface area contributed by atoms with Gasteiger partial charge in [-0.05, 0) is 25.0 Å². The lowest BCUT2D eigenvalue weighted by Crippen LogP contribution is -2.24. The molecule has 1 heterocycles. The van der Waals surface area contributed by atoms with Crippen molar-refractivity contribution in [3.8, 4) is 11.5 Å². The maximum absolute atomic E-state index is 13.6. The van der Waals surface area contributed by atoms with Gasteiger partial charge in [-0.3, -0.25) is 10.1 Å². The second kappa shape index (κ2) is 6.21. The Labute approximate surface area is 125 Å². The molecule has 1 aliphatic carbocycles. The first-order valence-electron chi connectivity index (χ1n) is 7.23. The van der Waals surface area contributed by atoms with E-state index in [2.05, 4.69) is 15.5 Å². The van der Waals surface area contributed by atoms with Gasteiger partial charge in [0.15, 0.2) is 0 Å². The smallest absolute Gasteiger partial charge is 0.322 e. The maximum atomic E-state index is 13.6. The molecule has 0 saturated heterocycles. The molecule has 116 valence electrons. The Hall–Kier alpha value is -2.31. The first-order valence-corrected chi connectivity index (χ1v) is 7.23. The highest BCUT2D eigenvalue weighted by Crippen LogP contribution is 2.26. The van der Waals surface area contributed by atoms with Crippen LogP contribution in [0.3, 0.4) is 0 Å². The molecule has 1 aromatic heterocycles. The van der Waals surface area contributed by atoms with Crippen LogP contribution in [0.5, 0.6) is 0 Å². The van der Waals surface area contributed by atoms with Crippen molar-refractivity contribution in [2.75, 3.05) is 5.32 Å². The van der Waals surface area contributed by atoms with Gasteiger partial charge in [0.2, 0.25) is 5.91 Å². The summed E-state index contributed by atoms with van der Waals surface area (Å²) in [7, 11) is 0. The van der Waals surface area contributed by atoms with Crippen LogP contribution < -0.4 is 5.32 Å². The molecule has 0 spiro atoms. The standard InChI is InChI=1S/C15H15F2N3O2/c16-10-6-7-11(12(17)8-10)14-19-20-15(22-14)18-13(21)9-4-2-1-3-5-9/h6-9H,1-5H2,(H,18,20,21). The van der Waals surface area contributed by atoms with Crippen molar-refractivity contribution in [1.82, 2.24) is 10.2 Å². The largest absolute Gasteiger partial charge is 0.403 e. The van der Waals surface area contributed by atoms with Gasteiger partial charge in [-0.1, -0.05) is 24.4 Å². The Bertz CT molecular complexity index is 681. The molecule has 1 aromatic carbocycles. The number of hydrogen-bond acceptors (Lipinski definition) is 4. The van der Waals surface area contributed by atoms with Crippen molar-refractivity contribution < 1.29 is 18.0 Å². The molecule has 0 radical (unpaired) electrons. The van der Waals surface area contributed by atoms with Crippen molar-refractivity contribution in [1.29, 1.82) is 0 Å². The summed E-state index contributed by atoms with van der Waals surface area (Å²) in [6, 6.07) is 2.97. The number of anilines is 1. The van der Waals surface area contributed by atoms with E-state index >= 15 is 0 Å². The zero-order valence-electron chi connectivity index (χ0n) is 11.8. The normalized spacial score (nSPS) is 15.7. The number of amides is 1. The first-order chi connectivity index (χ1) is 10.6. The Morgan fingerprint density at radius 1 is 1.18 bits per heavy atom. The molecule has 0 bridgehead atoms. The Kier molecular flexibility index (Phi) is 4.13. The molecule has 1 aliphatic rings. The second-order valence-electron chi connectivity index (χ2n) is 5.36. The second-order valence-corrected chi connectivity index (χ2v) is 5.36. The zero-order valence-corrected chi connectivity index (χ0v) is 11.8. The minimum absolute atomic E-state index is 0.00735. The average Bonchev–Trinajstić information content (AvgIpc) is 2.96. The molecule has 2 aromatic rings. The highest BCUT2D eigenvalue weighted by atomic mass is 19.1. The summed E-state index contributed by atoms with van der Waals surface area (Å²) in [6.07, 6.45) is 4.92. The molecular weight excluding hydrogens is 292 g/mol. The predicted octanol–water partition coefficient (Wildman–Crippen LogP) is 3.53. The number of benzene rings is 1. The van der Waals surface area contributed by atoms with Crippen LogP contribution in [0.4, 0.5) is 14.8 Å². The number of halogens is 2. The first kappa shape index (κ1) is 14.6. The van der Waals surface area contributed by atoms with Crippen LogP contribution in [0.1, 0.15) is 32.1 Å². The third kappa shape index (κ3) is 3.13.